The van der Waals surface area contributed by atoms with E-state index in [1.54, 1.807) is 24.3 Å². The zero-order chi connectivity index (χ0) is 17.6. The number of benzene rings is 2. The summed E-state index contributed by atoms with van der Waals surface area (Å²) in [6.45, 7) is 2.42. The zero-order valence-electron chi connectivity index (χ0n) is 12.9. The number of hydrogen-bond acceptors (Lipinski definition) is 3. The van der Waals surface area contributed by atoms with E-state index in [2.05, 4.69) is 5.32 Å². The zero-order valence-corrected chi connectivity index (χ0v) is 12.9. The van der Waals surface area contributed by atoms with Crippen molar-refractivity contribution in [3.63, 3.8) is 0 Å². The number of anilines is 1. The van der Waals surface area contributed by atoms with Gasteiger partial charge in [0.2, 0.25) is 0 Å². The van der Waals surface area contributed by atoms with Crippen molar-refractivity contribution >= 4 is 11.5 Å². The standard InChI is InChI=1S/C18H16F3NO2/c1-2-24-16-9-3-13(4-10-16)17(23)11-12-22-15-7-5-14(6-8-15)18(19,20)21/h3-12,22H,2H2,1H3/b12-11+. The van der Waals surface area contributed by atoms with Gasteiger partial charge in [-0.3, -0.25) is 4.79 Å². The fourth-order valence-corrected chi connectivity index (χ4v) is 1.95. The second-order valence-electron chi connectivity index (χ2n) is 4.87. The smallest absolute Gasteiger partial charge is 0.416 e. The van der Waals surface area contributed by atoms with Gasteiger partial charge < -0.3 is 10.1 Å². The summed E-state index contributed by atoms with van der Waals surface area (Å²) in [5.74, 6) is 0.457. The van der Waals surface area contributed by atoms with E-state index in [0.717, 1.165) is 12.1 Å². The second kappa shape index (κ2) is 7.68. The molecule has 3 nitrogen and oxygen atoms in total. The molecule has 24 heavy (non-hydrogen) atoms. The van der Waals surface area contributed by atoms with Crippen molar-refractivity contribution in [1.82, 2.24) is 0 Å². The quantitative estimate of drug-likeness (QED) is 0.602. The van der Waals surface area contributed by atoms with Crippen molar-refractivity contribution in [1.29, 1.82) is 0 Å². The molecule has 0 spiro atoms. The first-order valence-corrected chi connectivity index (χ1v) is 7.27. The van der Waals surface area contributed by atoms with E-state index < -0.39 is 11.7 Å². The van der Waals surface area contributed by atoms with Gasteiger partial charge in [0.25, 0.3) is 0 Å². The first kappa shape index (κ1) is 17.6. The summed E-state index contributed by atoms with van der Waals surface area (Å²) >= 11 is 0. The van der Waals surface area contributed by atoms with Crippen LogP contribution in [0.4, 0.5) is 18.9 Å². The number of nitrogens with one attached hydrogen (secondary N) is 1. The summed E-state index contributed by atoms with van der Waals surface area (Å²) in [5, 5.41) is 2.76. The van der Waals surface area contributed by atoms with Gasteiger partial charge in [0.05, 0.1) is 12.2 Å². The molecule has 0 fully saturated rings. The molecule has 2 aromatic rings. The van der Waals surface area contributed by atoms with E-state index in [4.69, 9.17) is 4.74 Å². The molecule has 0 aliphatic rings. The monoisotopic (exact) mass is 335 g/mol. The fourth-order valence-electron chi connectivity index (χ4n) is 1.95. The lowest BCUT2D eigenvalue weighted by Gasteiger charge is -2.07. The molecule has 0 radical (unpaired) electrons. The Morgan fingerprint density at radius 3 is 2.25 bits per heavy atom. The average Bonchev–Trinajstić information content (AvgIpc) is 2.55. The lowest BCUT2D eigenvalue weighted by Crippen LogP contribution is -2.04. The molecular formula is C18H16F3NO2. The third-order valence-corrected chi connectivity index (χ3v) is 3.15. The first-order valence-electron chi connectivity index (χ1n) is 7.27. The van der Waals surface area contributed by atoms with Gasteiger partial charge in [0.1, 0.15) is 5.75 Å². The molecule has 0 aliphatic carbocycles. The Bertz CT molecular complexity index is 705. The predicted octanol–water partition coefficient (Wildman–Crippen LogP) is 4.91. The van der Waals surface area contributed by atoms with Crippen LogP contribution in [0.2, 0.25) is 0 Å². The first-order chi connectivity index (χ1) is 11.4. The van der Waals surface area contributed by atoms with E-state index in [0.29, 0.717) is 23.6 Å². The lowest BCUT2D eigenvalue weighted by atomic mass is 10.1. The predicted molar refractivity (Wildman–Crippen MR) is 86.1 cm³/mol. The Morgan fingerprint density at radius 2 is 1.71 bits per heavy atom. The molecule has 2 aromatic carbocycles. The van der Waals surface area contributed by atoms with Crippen molar-refractivity contribution in [2.45, 2.75) is 13.1 Å². The molecule has 0 unspecified atom stereocenters. The van der Waals surface area contributed by atoms with E-state index in [1.807, 2.05) is 6.92 Å². The van der Waals surface area contributed by atoms with Gasteiger partial charge in [0.15, 0.2) is 5.78 Å². The largest absolute Gasteiger partial charge is 0.494 e. The lowest BCUT2D eigenvalue weighted by molar-refractivity contribution is -0.137. The van der Waals surface area contributed by atoms with Crippen molar-refractivity contribution < 1.29 is 22.7 Å². The Labute approximate surface area is 137 Å². The molecule has 0 saturated carbocycles. The van der Waals surface area contributed by atoms with Crippen LogP contribution < -0.4 is 10.1 Å². The number of carbonyl (C=O) groups is 1. The third kappa shape index (κ3) is 4.87. The number of allylic oxidation sites excluding steroid dienone is 1. The van der Waals surface area contributed by atoms with E-state index in [9.17, 15) is 18.0 Å². The summed E-state index contributed by atoms with van der Waals surface area (Å²) in [4.78, 5) is 12.0. The maximum absolute atomic E-state index is 12.5. The summed E-state index contributed by atoms with van der Waals surface area (Å²) in [7, 11) is 0. The maximum Gasteiger partial charge on any atom is 0.416 e. The van der Waals surface area contributed by atoms with Crippen molar-refractivity contribution in [2.24, 2.45) is 0 Å². The Kier molecular flexibility index (Phi) is 5.63. The van der Waals surface area contributed by atoms with Gasteiger partial charge in [-0.25, -0.2) is 0 Å². The number of rotatable bonds is 6. The van der Waals surface area contributed by atoms with Crippen LogP contribution in [-0.4, -0.2) is 12.4 Å². The highest BCUT2D eigenvalue weighted by atomic mass is 19.4. The number of ether oxygens (including phenoxy) is 1. The Morgan fingerprint density at radius 1 is 1.08 bits per heavy atom. The van der Waals surface area contributed by atoms with Crippen molar-refractivity contribution in [2.75, 3.05) is 11.9 Å². The molecule has 0 atom stereocenters. The fraction of sp³-hybridized carbons (Fsp3) is 0.167. The summed E-state index contributed by atoms with van der Waals surface area (Å²) in [6.07, 6.45) is -1.66. The molecule has 1 N–H and O–H groups in total. The van der Waals surface area contributed by atoms with Crippen molar-refractivity contribution in [3.05, 3.63) is 71.9 Å². The highest BCUT2D eigenvalue weighted by molar-refractivity contribution is 6.04. The van der Waals surface area contributed by atoms with E-state index >= 15 is 0 Å². The molecule has 0 heterocycles. The van der Waals surface area contributed by atoms with Crippen LogP contribution >= 0.6 is 0 Å². The minimum absolute atomic E-state index is 0.225. The summed E-state index contributed by atoms with van der Waals surface area (Å²) < 4.78 is 42.7. The minimum Gasteiger partial charge on any atom is -0.494 e. The summed E-state index contributed by atoms with van der Waals surface area (Å²) in [6, 6.07) is 11.3. The van der Waals surface area contributed by atoms with Gasteiger partial charge in [0, 0.05) is 23.5 Å². The highest BCUT2D eigenvalue weighted by Gasteiger charge is 2.29. The highest BCUT2D eigenvalue weighted by Crippen LogP contribution is 2.29. The Hall–Kier alpha value is -2.76. The SMILES string of the molecule is CCOc1ccc(C(=O)/C=C/Nc2ccc(C(F)(F)F)cc2)cc1. The Balaban J connectivity index is 1.94. The molecule has 0 aromatic heterocycles. The molecule has 0 saturated heterocycles. The van der Waals surface area contributed by atoms with E-state index in [1.165, 1.54) is 24.4 Å². The molecule has 2 rings (SSSR count). The number of halogens is 3. The minimum atomic E-state index is -4.36. The van der Waals surface area contributed by atoms with Gasteiger partial charge in [-0.15, -0.1) is 0 Å². The number of alkyl halides is 3. The number of carbonyl (C=O) groups excluding carboxylic acids is 1. The summed E-state index contributed by atoms with van der Waals surface area (Å²) in [5.41, 5.74) is 0.227. The van der Waals surface area contributed by atoms with Gasteiger partial charge in [-0.1, -0.05) is 0 Å². The van der Waals surface area contributed by atoms with E-state index in [-0.39, 0.29) is 5.78 Å². The van der Waals surface area contributed by atoms with Gasteiger partial charge >= 0.3 is 6.18 Å². The second-order valence-corrected chi connectivity index (χ2v) is 4.87. The normalized spacial score (nSPS) is 11.5. The van der Waals surface area contributed by atoms with Gasteiger partial charge in [-0.2, -0.15) is 13.2 Å². The van der Waals surface area contributed by atoms with Crippen LogP contribution in [0.5, 0.6) is 5.75 Å². The molecule has 126 valence electrons. The number of ketones is 1. The molecule has 0 bridgehead atoms. The number of hydrogen-bond donors (Lipinski definition) is 1. The third-order valence-electron chi connectivity index (χ3n) is 3.15. The van der Waals surface area contributed by atoms with Crippen LogP contribution in [0.1, 0.15) is 22.8 Å². The molecule has 0 aliphatic heterocycles. The van der Waals surface area contributed by atoms with Gasteiger partial charge in [-0.05, 0) is 55.5 Å². The molecule has 0 amide bonds. The van der Waals surface area contributed by atoms with Crippen LogP contribution in [-0.2, 0) is 6.18 Å². The molecule has 6 heteroatoms. The average molecular weight is 335 g/mol. The van der Waals surface area contributed by atoms with Crippen LogP contribution in [0, 0.1) is 0 Å². The van der Waals surface area contributed by atoms with Crippen molar-refractivity contribution in [3.8, 4) is 5.75 Å². The topological polar surface area (TPSA) is 38.3 Å². The van der Waals surface area contributed by atoms with Crippen LogP contribution in [0.15, 0.2) is 60.8 Å². The molecular weight excluding hydrogens is 319 g/mol. The maximum atomic E-state index is 12.5. The van der Waals surface area contributed by atoms with Crippen LogP contribution in [0.3, 0.4) is 0 Å². The van der Waals surface area contributed by atoms with Crippen LogP contribution in [0.25, 0.3) is 0 Å².